The van der Waals surface area contributed by atoms with E-state index in [0.29, 0.717) is 58.0 Å². The molecule has 2 fully saturated rings. The molecule has 2 aliphatic heterocycles. The first-order valence-electron chi connectivity index (χ1n) is 15.0. The summed E-state index contributed by atoms with van der Waals surface area (Å²) in [5, 5.41) is 15.0. The second-order valence-electron chi connectivity index (χ2n) is 12.2. The molecule has 2 saturated heterocycles. The van der Waals surface area contributed by atoms with Gasteiger partial charge in [-0.1, -0.05) is 27.7 Å². The van der Waals surface area contributed by atoms with Gasteiger partial charge in [0.2, 0.25) is 23.6 Å². The van der Waals surface area contributed by atoms with Crippen molar-refractivity contribution in [3.05, 3.63) is 0 Å². The lowest BCUT2D eigenvalue weighted by atomic mass is 10.0. The Hall–Kier alpha value is -3.42. The Morgan fingerprint density at radius 3 is 1.81 bits per heavy atom. The summed E-state index contributed by atoms with van der Waals surface area (Å²) in [5.41, 5.74) is 16.7. The number of hydrogen-bond donors (Lipinski definition) is 6. The lowest BCUT2D eigenvalue weighted by molar-refractivity contribution is -0.145. The molecule has 2 aliphatic rings. The molecular weight excluding hydrogens is 544 g/mol. The predicted octanol–water partition coefficient (Wildman–Crippen LogP) is -0.504. The minimum absolute atomic E-state index is 0.0523. The predicted molar refractivity (Wildman–Crippen MR) is 158 cm³/mol. The Labute approximate surface area is 248 Å². The van der Waals surface area contributed by atoms with E-state index in [-0.39, 0.29) is 36.7 Å². The number of aliphatic imine (C=N–C) groups is 1. The van der Waals surface area contributed by atoms with Crippen molar-refractivity contribution in [1.29, 1.82) is 0 Å². The minimum Gasteiger partial charge on any atom is -0.480 e. The van der Waals surface area contributed by atoms with Crippen LogP contribution in [0.25, 0.3) is 0 Å². The van der Waals surface area contributed by atoms with E-state index < -0.39 is 53.9 Å². The van der Waals surface area contributed by atoms with E-state index >= 15 is 0 Å². The van der Waals surface area contributed by atoms with Gasteiger partial charge in [-0.25, -0.2) is 4.79 Å². The molecule has 238 valence electrons. The van der Waals surface area contributed by atoms with Crippen molar-refractivity contribution in [2.45, 2.75) is 109 Å². The van der Waals surface area contributed by atoms with Crippen LogP contribution >= 0.6 is 0 Å². The van der Waals surface area contributed by atoms with E-state index in [1.54, 1.807) is 0 Å². The number of nitrogens with one attached hydrogen (secondary N) is 2. The summed E-state index contributed by atoms with van der Waals surface area (Å²) in [6.07, 6.45) is 3.37. The first kappa shape index (κ1) is 34.8. The first-order chi connectivity index (χ1) is 19.7. The summed E-state index contributed by atoms with van der Waals surface area (Å²) < 4.78 is 0. The second-order valence-corrected chi connectivity index (χ2v) is 12.2. The molecule has 0 aromatic carbocycles. The van der Waals surface area contributed by atoms with E-state index in [1.165, 1.54) is 9.80 Å². The van der Waals surface area contributed by atoms with Gasteiger partial charge in [0.05, 0.1) is 6.04 Å². The third-order valence-corrected chi connectivity index (χ3v) is 7.60. The summed E-state index contributed by atoms with van der Waals surface area (Å²) in [7, 11) is 0. The van der Waals surface area contributed by atoms with Crippen molar-refractivity contribution in [3.8, 4) is 0 Å². The van der Waals surface area contributed by atoms with Crippen LogP contribution in [0.1, 0.15) is 79.1 Å². The standard InChI is InChI=1S/C28H50N8O6/c1-16(2)14-18(29)25(39)35-12-6-9-21(35)24(38)34-20(15-17(3)4)26(40)36-13-7-10-22(36)23(37)33-19(27(41)42)8-5-11-32-28(30)31/h16-22H,5-15,29H2,1-4H3,(H,33,37)(H,34,38)(H,41,42)(H4,30,31,32)/t18-,19-,20-,21-,22-/m0/s1. The number of aliphatic carboxylic acids is 1. The zero-order valence-corrected chi connectivity index (χ0v) is 25.4. The van der Waals surface area contributed by atoms with Crippen molar-refractivity contribution in [3.63, 3.8) is 0 Å². The molecule has 0 spiro atoms. The highest BCUT2D eigenvalue weighted by Crippen LogP contribution is 2.23. The fourth-order valence-corrected chi connectivity index (χ4v) is 5.62. The average molecular weight is 595 g/mol. The Kier molecular flexibility index (Phi) is 13.5. The highest BCUT2D eigenvalue weighted by atomic mass is 16.4. The van der Waals surface area contributed by atoms with Crippen LogP contribution in [-0.2, 0) is 24.0 Å². The van der Waals surface area contributed by atoms with Gasteiger partial charge in [-0.2, -0.15) is 0 Å². The number of carbonyl (C=O) groups excluding carboxylic acids is 4. The van der Waals surface area contributed by atoms with Gasteiger partial charge in [0, 0.05) is 19.6 Å². The van der Waals surface area contributed by atoms with Gasteiger partial charge in [0.25, 0.3) is 0 Å². The van der Waals surface area contributed by atoms with Crippen LogP contribution in [0.15, 0.2) is 4.99 Å². The Balaban J connectivity index is 2.11. The molecule has 4 amide bonds. The first-order valence-corrected chi connectivity index (χ1v) is 15.0. The molecule has 0 aromatic rings. The van der Waals surface area contributed by atoms with Crippen LogP contribution < -0.4 is 27.8 Å². The maximum absolute atomic E-state index is 13.8. The smallest absolute Gasteiger partial charge is 0.326 e. The van der Waals surface area contributed by atoms with Gasteiger partial charge in [-0.3, -0.25) is 24.2 Å². The topological polar surface area (TPSA) is 227 Å². The van der Waals surface area contributed by atoms with Gasteiger partial charge in [-0.15, -0.1) is 0 Å². The number of likely N-dealkylation sites (tertiary alicyclic amines) is 2. The zero-order chi connectivity index (χ0) is 31.6. The Bertz CT molecular complexity index is 999. The van der Waals surface area contributed by atoms with E-state index in [0.717, 1.165) is 0 Å². The molecule has 0 aromatic heterocycles. The lowest BCUT2D eigenvalue weighted by Crippen LogP contribution is -2.58. The van der Waals surface area contributed by atoms with Crippen molar-refractivity contribution < 1.29 is 29.1 Å². The monoisotopic (exact) mass is 594 g/mol. The number of nitrogens with zero attached hydrogens (tertiary/aromatic N) is 3. The molecule has 14 nitrogen and oxygen atoms in total. The summed E-state index contributed by atoms with van der Waals surface area (Å²) >= 11 is 0. The molecule has 2 heterocycles. The van der Waals surface area contributed by atoms with Crippen LogP contribution in [0.2, 0.25) is 0 Å². The number of carboxylic acid groups (broad SMARTS) is 1. The number of carbonyl (C=O) groups is 5. The number of carboxylic acids is 1. The maximum atomic E-state index is 13.8. The van der Waals surface area contributed by atoms with Gasteiger partial charge in [0.15, 0.2) is 5.96 Å². The largest absolute Gasteiger partial charge is 0.480 e. The Morgan fingerprint density at radius 1 is 0.833 bits per heavy atom. The summed E-state index contributed by atoms with van der Waals surface area (Å²) in [5.74, 6) is -2.66. The van der Waals surface area contributed by atoms with Crippen molar-refractivity contribution in [2.75, 3.05) is 19.6 Å². The summed E-state index contributed by atoms with van der Waals surface area (Å²) in [6.45, 7) is 8.77. The van der Waals surface area contributed by atoms with E-state index in [1.807, 2.05) is 27.7 Å². The number of rotatable bonds is 15. The molecule has 5 atom stereocenters. The third-order valence-electron chi connectivity index (χ3n) is 7.60. The van der Waals surface area contributed by atoms with Crippen LogP contribution in [0.4, 0.5) is 0 Å². The van der Waals surface area contributed by atoms with E-state index in [4.69, 9.17) is 17.2 Å². The summed E-state index contributed by atoms with van der Waals surface area (Å²) in [6, 6.07) is -4.34. The summed E-state index contributed by atoms with van der Waals surface area (Å²) in [4.78, 5) is 71.9. The SMILES string of the molecule is CC(C)C[C@H](NC(=O)[C@@H]1CCCN1C(=O)[C@@H](N)CC(C)C)C(=O)N1CCC[C@H]1C(=O)N[C@@H](CCCN=C(N)N)C(=O)O. The molecule has 0 aliphatic carbocycles. The molecule has 0 radical (unpaired) electrons. The normalized spacial score (nSPS) is 20.7. The molecule has 9 N–H and O–H groups in total. The maximum Gasteiger partial charge on any atom is 0.326 e. The molecular formula is C28H50N8O6. The van der Waals surface area contributed by atoms with Gasteiger partial charge in [-0.05, 0) is 63.2 Å². The van der Waals surface area contributed by atoms with Crippen LogP contribution in [-0.4, -0.2) is 100 Å². The number of amides is 4. The highest BCUT2D eigenvalue weighted by molar-refractivity contribution is 5.96. The van der Waals surface area contributed by atoms with Crippen molar-refractivity contribution in [2.24, 2.45) is 34.0 Å². The number of guanidine groups is 1. The minimum atomic E-state index is -1.20. The second kappa shape index (κ2) is 16.3. The lowest BCUT2D eigenvalue weighted by Gasteiger charge is -2.32. The fraction of sp³-hybridized carbons (Fsp3) is 0.786. The molecule has 0 saturated carbocycles. The molecule has 14 heteroatoms. The van der Waals surface area contributed by atoms with E-state index in [2.05, 4.69) is 15.6 Å². The van der Waals surface area contributed by atoms with Crippen LogP contribution in [0.5, 0.6) is 0 Å². The number of hydrogen-bond acceptors (Lipinski definition) is 7. The fourth-order valence-electron chi connectivity index (χ4n) is 5.62. The van der Waals surface area contributed by atoms with Gasteiger partial charge in [0.1, 0.15) is 24.2 Å². The van der Waals surface area contributed by atoms with Gasteiger partial charge >= 0.3 is 5.97 Å². The highest BCUT2D eigenvalue weighted by Gasteiger charge is 2.41. The average Bonchev–Trinajstić information content (AvgIpc) is 3.58. The third kappa shape index (κ3) is 10.1. The zero-order valence-electron chi connectivity index (χ0n) is 25.4. The van der Waals surface area contributed by atoms with Crippen LogP contribution in [0.3, 0.4) is 0 Å². The Morgan fingerprint density at radius 2 is 1.33 bits per heavy atom. The molecule has 42 heavy (non-hydrogen) atoms. The van der Waals surface area contributed by atoms with Crippen molar-refractivity contribution >= 4 is 35.6 Å². The molecule has 0 bridgehead atoms. The van der Waals surface area contributed by atoms with Crippen LogP contribution in [0, 0.1) is 11.8 Å². The quantitative estimate of drug-likeness (QED) is 0.0814. The van der Waals surface area contributed by atoms with Crippen molar-refractivity contribution in [1.82, 2.24) is 20.4 Å². The van der Waals surface area contributed by atoms with E-state index in [9.17, 15) is 29.1 Å². The molecule has 2 rings (SSSR count). The number of nitrogens with two attached hydrogens (primary N) is 3. The van der Waals surface area contributed by atoms with Gasteiger partial charge < -0.3 is 42.7 Å². The molecule has 0 unspecified atom stereocenters.